The van der Waals surface area contributed by atoms with Crippen molar-refractivity contribution in [3.05, 3.63) is 11.8 Å². The van der Waals surface area contributed by atoms with Gasteiger partial charge in [0.15, 0.2) is 0 Å². The van der Waals surface area contributed by atoms with E-state index in [1.807, 2.05) is 0 Å². The number of aromatic nitrogens is 2. The zero-order valence-electron chi connectivity index (χ0n) is 10.3. The van der Waals surface area contributed by atoms with Crippen LogP contribution in [-0.2, 0) is 9.59 Å². The molecule has 0 fully saturated rings. The molecule has 0 bridgehead atoms. The van der Waals surface area contributed by atoms with Gasteiger partial charge in [0.05, 0.1) is 13.1 Å². The number of hydrogen-bond donors (Lipinski definition) is 3. The molecule has 0 spiro atoms. The van der Waals surface area contributed by atoms with Gasteiger partial charge in [0.1, 0.15) is 5.82 Å². The van der Waals surface area contributed by atoms with Crippen molar-refractivity contribution >= 4 is 23.6 Å². The minimum absolute atomic E-state index is 0.136. The third-order valence-corrected chi connectivity index (χ3v) is 2.08. The second-order valence-electron chi connectivity index (χ2n) is 3.73. The molecule has 0 aliphatic heterocycles. The van der Waals surface area contributed by atoms with Crippen LogP contribution in [0.15, 0.2) is 6.07 Å². The van der Waals surface area contributed by atoms with Crippen LogP contribution >= 0.6 is 0 Å². The Labute approximate surface area is 104 Å². The number of nitrogens with two attached hydrogens (primary N) is 2. The average molecular weight is 252 g/mol. The molecule has 0 saturated heterocycles. The van der Waals surface area contributed by atoms with E-state index in [1.54, 1.807) is 20.0 Å². The van der Waals surface area contributed by atoms with E-state index in [9.17, 15) is 9.59 Å². The van der Waals surface area contributed by atoms with Crippen LogP contribution in [0.4, 0.5) is 11.8 Å². The number of carbonyl (C=O) groups excluding carboxylic acids is 2. The number of aryl methyl sites for hydroxylation is 1. The lowest BCUT2D eigenvalue weighted by molar-refractivity contribution is -0.117. The second kappa shape index (κ2) is 5.80. The third kappa shape index (κ3) is 3.89. The predicted molar refractivity (Wildman–Crippen MR) is 66.9 cm³/mol. The number of primary amides is 2. The Bertz CT molecular complexity index is 446. The highest BCUT2D eigenvalue weighted by atomic mass is 16.2. The van der Waals surface area contributed by atoms with E-state index in [0.29, 0.717) is 17.5 Å². The van der Waals surface area contributed by atoms with Gasteiger partial charge in [0, 0.05) is 18.8 Å². The molecule has 8 heteroatoms. The Balaban J connectivity index is 3.06. The molecule has 18 heavy (non-hydrogen) atoms. The number of nitrogens with one attached hydrogen (secondary N) is 1. The standard InChI is InChI=1S/C10H16N6O2/c1-6-3-9(15-10(13-2)14-6)16(4-7(11)17)5-8(12)18/h3H,4-5H2,1-2H3,(H2,11,17)(H2,12,18)(H,13,14,15). The largest absolute Gasteiger partial charge is 0.368 e. The minimum Gasteiger partial charge on any atom is -0.368 e. The normalized spacial score (nSPS) is 9.89. The molecule has 0 aliphatic carbocycles. The highest BCUT2D eigenvalue weighted by Crippen LogP contribution is 2.14. The van der Waals surface area contributed by atoms with E-state index in [2.05, 4.69) is 15.3 Å². The van der Waals surface area contributed by atoms with Crippen LogP contribution in [0.25, 0.3) is 0 Å². The van der Waals surface area contributed by atoms with E-state index in [0.717, 1.165) is 0 Å². The first-order valence-corrected chi connectivity index (χ1v) is 5.27. The fraction of sp³-hybridized carbons (Fsp3) is 0.400. The van der Waals surface area contributed by atoms with Crippen LogP contribution in [0.2, 0.25) is 0 Å². The van der Waals surface area contributed by atoms with Crippen molar-refractivity contribution in [1.82, 2.24) is 9.97 Å². The lowest BCUT2D eigenvalue weighted by atomic mass is 10.3. The summed E-state index contributed by atoms with van der Waals surface area (Å²) in [5.74, 6) is -0.328. The van der Waals surface area contributed by atoms with Crippen LogP contribution in [0.1, 0.15) is 5.69 Å². The van der Waals surface area contributed by atoms with Gasteiger partial charge in [0.2, 0.25) is 17.8 Å². The SMILES string of the molecule is CNc1nc(C)cc(N(CC(N)=O)CC(N)=O)n1. The van der Waals surface area contributed by atoms with E-state index < -0.39 is 11.8 Å². The fourth-order valence-electron chi connectivity index (χ4n) is 1.42. The molecular weight excluding hydrogens is 236 g/mol. The smallest absolute Gasteiger partial charge is 0.237 e. The maximum absolute atomic E-state index is 11.0. The average Bonchev–Trinajstić information content (AvgIpc) is 2.26. The summed E-state index contributed by atoms with van der Waals surface area (Å²) in [7, 11) is 1.67. The molecule has 1 aromatic heterocycles. The minimum atomic E-state index is -0.571. The number of rotatable bonds is 6. The molecule has 5 N–H and O–H groups in total. The van der Waals surface area contributed by atoms with Crippen LogP contribution in [0, 0.1) is 6.92 Å². The molecule has 1 rings (SSSR count). The van der Waals surface area contributed by atoms with Crippen LogP contribution in [0.5, 0.6) is 0 Å². The quantitative estimate of drug-likeness (QED) is 0.571. The summed E-state index contributed by atoms with van der Waals surface area (Å²) in [6, 6.07) is 1.65. The van der Waals surface area contributed by atoms with Crippen LogP contribution in [0.3, 0.4) is 0 Å². The molecule has 98 valence electrons. The summed E-state index contributed by atoms with van der Waals surface area (Å²) in [5.41, 5.74) is 10.9. The van der Waals surface area contributed by atoms with Gasteiger partial charge in [-0.15, -0.1) is 0 Å². The Morgan fingerprint density at radius 1 is 1.28 bits per heavy atom. The van der Waals surface area contributed by atoms with Crippen LogP contribution in [-0.4, -0.2) is 41.9 Å². The lowest BCUT2D eigenvalue weighted by Gasteiger charge is -2.21. The molecule has 0 radical (unpaired) electrons. The Morgan fingerprint density at radius 2 is 1.83 bits per heavy atom. The van der Waals surface area contributed by atoms with Crippen LogP contribution < -0.4 is 21.7 Å². The van der Waals surface area contributed by atoms with Crippen molar-refractivity contribution < 1.29 is 9.59 Å². The van der Waals surface area contributed by atoms with Gasteiger partial charge in [-0.25, -0.2) is 4.98 Å². The maximum Gasteiger partial charge on any atom is 0.237 e. The van der Waals surface area contributed by atoms with Gasteiger partial charge in [-0.1, -0.05) is 0 Å². The van der Waals surface area contributed by atoms with E-state index in [4.69, 9.17) is 11.5 Å². The number of anilines is 2. The lowest BCUT2D eigenvalue weighted by Crippen LogP contribution is -2.40. The predicted octanol–water partition coefficient (Wildman–Crippen LogP) is -1.40. The summed E-state index contributed by atoms with van der Waals surface area (Å²) in [6.45, 7) is 1.50. The highest BCUT2D eigenvalue weighted by molar-refractivity contribution is 5.84. The van der Waals surface area contributed by atoms with Crippen molar-refractivity contribution in [1.29, 1.82) is 0 Å². The summed E-state index contributed by atoms with van der Waals surface area (Å²) >= 11 is 0. The van der Waals surface area contributed by atoms with Crippen molar-refractivity contribution in [3.63, 3.8) is 0 Å². The first kappa shape index (κ1) is 13.7. The first-order valence-electron chi connectivity index (χ1n) is 5.27. The molecule has 0 aromatic carbocycles. The summed E-state index contributed by atoms with van der Waals surface area (Å²) < 4.78 is 0. The monoisotopic (exact) mass is 252 g/mol. The van der Waals surface area contributed by atoms with E-state index >= 15 is 0 Å². The topological polar surface area (TPSA) is 127 Å². The van der Waals surface area contributed by atoms with Gasteiger partial charge in [-0.3, -0.25) is 9.59 Å². The zero-order valence-corrected chi connectivity index (χ0v) is 10.3. The van der Waals surface area contributed by atoms with E-state index in [-0.39, 0.29) is 13.1 Å². The van der Waals surface area contributed by atoms with Crippen molar-refractivity contribution in [2.24, 2.45) is 11.5 Å². The summed E-state index contributed by atoms with van der Waals surface area (Å²) in [5, 5.41) is 2.79. The number of hydrogen-bond acceptors (Lipinski definition) is 6. The van der Waals surface area contributed by atoms with Gasteiger partial charge in [-0.05, 0) is 6.92 Å². The van der Waals surface area contributed by atoms with Gasteiger partial charge in [-0.2, -0.15) is 4.98 Å². The third-order valence-electron chi connectivity index (χ3n) is 2.08. The van der Waals surface area contributed by atoms with Crippen molar-refractivity contribution in [3.8, 4) is 0 Å². The molecule has 0 saturated carbocycles. The first-order chi connectivity index (χ1) is 8.42. The number of carbonyl (C=O) groups is 2. The number of nitrogens with zero attached hydrogens (tertiary/aromatic N) is 3. The Hall–Kier alpha value is -2.38. The molecule has 8 nitrogen and oxygen atoms in total. The van der Waals surface area contributed by atoms with Gasteiger partial charge >= 0.3 is 0 Å². The molecule has 1 aromatic rings. The highest BCUT2D eigenvalue weighted by Gasteiger charge is 2.14. The fourth-order valence-corrected chi connectivity index (χ4v) is 1.42. The molecule has 1 heterocycles. The molecule has 0 atom stereocenters. The second-order valence-corrected chi connectivity index (χ2v) is 3.73. The maximum atomic E-state index is 11.0. The summed E-state index contributed by atoms with van der Waals surface area (Å²) in [4.78, 5) is 31.6. The Morgan fingerprint density at radius 3 is 2.28 bits per heavy atom. The zero-order chi connectivity index (χ0) is 13.7. The van der Waals surface area contributed by atoms with E-state index in [1.165, 1.54) is 4.90 Å². The van der Waals surface area contributed by atoms with Gasteiger partial charge in [0.25, 0.3) is 0 Å². The molecule has 2 amide bonds. The molecule has 0 aliphatic rings. The summed E-state index contributed by atoms with van der Waals surface area (Å²) in [6.07, 6.45) is 0. The molecular formula is C10H16N6O2. The van der Waals surface area contributed by atoms with Crippen molar-refractivity contribution in [2.75, 3.05) is 30.4 Å². The Kier molecular flexibility index (Phi) is 4.41. The molecule has 0 unspecified atom stereocenters. The number of amides is 2. The van der Waals surface area contributed by atoms with Crippen molar-refractivity contribution in [2.45, 2.75) is 6.92 Å². The van der Waals surface area contributed by atoms with Gasteiger partial charge < -0.3 is 21.7 Å².